The minimum absolute atomic E-state index is 0.126. The van der Waals surface area contributed by atoms with Crippen molar-refractivity contribution in [3.8, 4) is 0 Å². The molecule has 0 bridgehead atoms. The lowest BCUT2D eigenvalue weighted by Gasteiger charge is -2.22. The van der Waals surface area contributed by atoms with Gasteiger partial charge in [-0.3, -0.25) is 14.0 Å². The van der Waals surface area contributed by atoms with Gasteiger partial charge in [-0.15, -0.1) is 0 Å². The van der Waals surface area contributed by atoms with E-state index in [0.29, 0.717) is 22.9 Å². The lowest BCUT2D eigenvalue weighted by molar-refractivity contribution is 0.0986. The Kier molecular flexibility index (Phi) is 7.96. The molecule has 0 atom stereocenters. The van der Waals surface area contributed by atoms with Crippen molar-refractivity contribution in [2.45, 2.75) is 25.2 Å². The van der Waals surface area contributed by atoms with Crippen molar-refractivity contribution in [2.24, 2.45) is 0 Å². The van der Waals surface area contributed by atoms with Gasteiger partial charge in [-0.05, 0) is 94.5 Å². The molecule has 194 valence electrons. The molecular formula is C28H32N4O3S2. The number of rotatable bonds is 9. The number of anilines is 2. The molecule has 0 aliphatic carbocycles. The molecule has 0 saturated carbocycles. The molecule has 9 heteroatoms. The summed E-state index contributed by atoms with van der Waals surface area (Å²) < 4.78 is 28.6. The summed E-state index contributed by atoms with van der Waals surface area (Å²) in [5.74, 6) is -0.201. The Labute approximate surface area is 223 Å². The first kappa shape index (κ1) is 26.8. The van der Waals surface area contributed by atoms with Crippen molar-refractivity contribution < 1.29 is 13.2 Å². The number of hydrogen-bond acceptors (Lipinski definition) is 6. The summed E-state index contributed by atoms with van der Waals surface area (Å²) in [6, 6.07) is 19.2. The number of thiazole rings is 1. The van der Waals surface area contributed by atoms with Crippen molar-refractivity contribution in [1.82, 2.24) is 9.88 Å². The van der Waals surface area contributed by atoms with Crippen LogP contribution in [0.25, 0.3) is 10.2 Å². The highest BCUT2D eigenvalue weighted by molar-refractivity contribution is 7.92. The Hall–Kier alpha value is -3.27. The standard InChI is InChI=1S/C28H32N4O3S2/c1-20-12-17-25-26(21(20)2)29-28(36-25)32(19-9-18-30(3)4)27(33)22-13-15-24(16-14-22)37(34,35)31(5)23-10-7-6-8-11-23/h6-8,10-17H,9,18-19H2,1-5H3. The summed E-state index contributed by atoms with van der Waals surface area (Å²) in [4.78, 5) is 22.4. The van der Waals surface area contributed by atoms with Crippen molar-refractivity contribution in [3.05, 3.63) is 83.4 Å². The zero-order valence-electron chi connectivity index (χ0n) is 21.8. The second-order valence-electron chi connectivity index (χ2n) is 9.30. The van der Waals surface area contributed by atoms with Gasteiger partial charge in [0, 0.05) is 19.2 Å². The van der Waals surface area contributed by atoms with E-state index in [9.17, 15) is 13.2 Å². The lowest BCUT2D eigenvalue weighted by Crippen LogP contribution is -2.33. The Balaban J connectivity index is 1.64. The lowest BCUT2D eigenvalue weighted by atomic mass is 10.1. The maximum Gasteiger partial charge on any atom is 0.264 e. The van der Waals surface area contributed by atoms with E-state index < -0.39 is 10.0 Å². The number of amides is 1. The first-order valence-corrected chi connectivity index (χ1v) is 14.3. The van der Waals surface area contributed by atoms with Gasteiger partial charge in [0.15, 0.2) is 5.13 Å². The molecule has 0 spiro atoms. The quantitative estimate of drug-likeness (QED) is 0.289. The molecule has 1 aromatic heterocycles. The summed E-state index contributed by atoms with van der Waals surface area (Å²) in [5, 5.41) is 0.646. The number of para-hydroxylation sites is 1. The number of fused-ring (bicyclic) bond motifs is 1. The van der Waals surface area contributed by atoms with Crippen molar-refractivity contribution in [2.75, 3.05) is 43.4 Å². The maximum atomic E-state index is 13.7. The van der Waals surface area contributed by atoms with Crippen LogP contribution in [0.15, 0.2) is 71.6 Å². The van der Waals surface area contributed by atoms with E-state index in [-0.39, 0.29) is 10.8 Å². The van der Waals surface area contributed by atoms with Crippen LogP contribution in [0, 0.1) is 13.8 Å². The highest BCUT2D eigenvalue weighted by Crippen LogP contribution is 2.33. The predicted molar refractivity (Wildman–Crippen MR) is 152 cm³/mol. The molecule has 0 aliphatic rings. The molecular weight excluding hydrogens is 504 g/mol. The molecule has 0 fully saturated rings. The second-order valence-corrected chi connectivity index (χ2v) is 12.3. The third-order valence-electron chi connectivity index (χ3n) is 6.42. The van der Waals surface area contributed by atoms with Crippen LogP contribution in [-0.4, -0.2) is 58.4 Å². The minimum Gasteiger partial charge on any atom is -0.309 e. The number of sulfonamides is 1. The second kappa shape index (κ2) is 11.0. The highest BCUT2D eigenvalue weighted by atomic mass is 32.2. The van der Waals surface area contributed by atoms with E-state index in [0.717, 1.165) is 34.3 Å². The molecule has 0 radical (unpaired) electrons. The van der Waals surface area contributed by atoms with Gasteiger partial charge in [0.2, 0.25) is 0 Å². The summed E-state index contributed by atoms with van der Waals surface area (Å²) in [5.41, 5.74) is 4.16. The van der Waals surface area contributed by atoms with Crippen LogP contribution >= 0.6 is 11.3 Å². The summed E-state index contributed by atoms with van der Waals surface area (Å²) in [6.45, 7) is 5.44. The van der Waals surface area contributed by atoms with E-state index in [1.165, 1.54) is 34.8 Å². The van der Waals surface area contributed by atoms with Gasteiger partial charge in [-0.25, -0.2) is 13.4 Å². The van der Waals surface area contributed by atoms with E-state index in [1.807, 2.05) is 33.2 Å². The third-order valence-corrected chi connectivity index (χ3v) is 9.26. The molecule has 0 aliphatic heterocycles. The van der Waals surface area contributed by atoms with Crippen molar-refractivity contribution in [1.29, 1.82) is 0 Å². The average Bonchev–Trinajstić information content (AvgIpc) is 3.33. The fourth-order valence-electron chi connectivity index (χ4n) is 4.02. The molecule has 4 aromatic rings. The largest absolute Gasteiger partial charge is 0.309 e. The molecule has 3 aromatic carbocycles. The van der Waals surface area contributed by atoms with Gasteiger partial charge in [-0.1, -0.05) is 35.6 Å². The summed E-state index contributed by atoms with van der Waals surface area (Å²) >= 11 is 1.50. The molecule has 0 saturated heterocycles. The Bertz CT molecular complexity index is 1500. The zero-order chi connectivity index (χ0) is 26.7. The van der Waals surface area contributed by atoms with Crippen LogP contribution < -0.4 is 9.21 Å². The van der Waals surface area contributed by atoms with Crippen LogP contribution in [-0.2, 0) is 10.0 Å². The van der Waals surface area contributed by atoms with Gasteiger partial charge >= 0.3 is 0 Å². The van der Waals surface area contributed by atoms with Gasteiger partial charge < -0.3 is 4.90 Å². The highest BCUT2D eigenvalue weighted by Gasteiger charge is 2.25. The number of nitrogens with zero attached hydrogens (tertiary/aromatic N) is 4. The van der Waals surface area contributed by atoms with Crippen LogP contribution in [0.3, 0.4) is 0 Å². The van der Waals surface area contributed by atoms with Crippen LogP contribution in [0.5, 0.6) is 0 Å². The van der Waals surface area contributed by atoms with E-state index in [2.05, 4.69) is 17.9 Å². The van der Waals surface area contributed by atoms with Crippen LogP contribution in [0.2, 0.25) is 0 Å². The molecule has 1 amide bonds. The molecule has 0 N–H and O–H groups in total. The summed E-state index contributed by atoms with van der Waals surface area (Å²) in [6.07, 6.45) is 0.779. The fourth-order valence-corrected chi connectivity index (χ4v) is 6.26. The molecule has 0 unspecified atom stereocenters. The first-order valence-electron chi connectivity index (χ1n) is 12.1. The molecule has 1 heterocycles. The maximum absolute atomic E-state index is 13.7. The Morgan fingerprint density at radius 3 is 2.22 bits per heavy atom. The predicted octanol–water partition coefficient (Wildman–Crippen LogP) is 5.34. The van der Waals surface area contributed by atoms with E-state index in [4.69, 9.17) is 4.98 Å². The average molecular weight is 537 g/mol. The van der Waals surface area contributed by atoms with Crippen LogP contribution in [0.4, 0.5) is 10.8 Å². The van der Waals surface area contributed by atoms with Gasteiger partial charge in [0.25, 0.3) is 15.9 Å². The van der Waals surface area contributed by atoms with E-state index >= 15 is 0 Å². The smallest absolute Gasteiger partial charge is 0.264 e. The molecule has 4 rings (SSSR count). The topological polar surface area (TPSA) is 73.8 Å². The van der Waals surface area contributed by atoms with Gasteiger partial charge in [-0.2, -0.15) is 0 Å². The Morgan fingerprint density at radius 1 is 0.892 bits per heavy atom. The van der Waals surface area contributed by atoms with E-state index in [1.54, 1.807) is 41.3 Å². The summed E-state index contributed by atoms with van der Waals surface area (Å²) in [7, 11) is 1.76. The minimum atomic E-state index is -3.76. The third kappa shape index (κ3) is 5.69. The number of carbonyl (C=O) groups excluding carboxylic acids is 1. The number of hydrogen-bond donors (Lipinski definition) is 0. The monoisotopic (exact) mass is 536 g/mol. The SMILES string of the molecule is Cc1ccc2sc(N(CCCN(C)C)C(=O)c3ccc(S(=O)(=O)N(C)c4ccccc4)cc3)nc2c1C. The number of aromatic nitrogens is 1. The van der Waals surface area contributed by atoms with Gasteiger partial charge in [0.1, 0.15) is 0 Å². The van der Waals surface area contributed by atoms with Gasteiger partial charge in [0.05, 0.1) is 20.8 Å². The molecule has 7 nitrogen and oxygen atoms in total. The molecule has 37 heavy (non-hydrogen) atoms. The normalized spacial score (nSPS) is 11.7. The Morgan fingerprint density at radius 2 is 1.57 bits per heavy atom. The van der Waals surface area contributed by atoms with Crippen molar-refractivity contribution in [3.63, 3.8) is 0 Å². The van der Waals surface area contributed by atoms with Crippen LogP contribution in [0.1, 0.15) is 27.9 Å². The zero-order valence-corrected chi connectivity index (χ0v) is 23.4. The number of benzene rings is 3. The van der Waals surface area contributed by atoms with Crippen molar-refractivity contribution >= 4 is 48.3 Å². The number of carbonyl (C=O) groups is 1. The fraction of sp³-hybridized carbons (Fsp3) is 0.286. The number of aryl methyl sites for hydroxylation is 2. The first-order chi connectivity index (χ1) is 17.6.